The molecule has 1 atom stereocenters. The number of fused-ring (bicyclic) bond motifs is 1. The van der Waals surface area contributed by atoms with Gasteiger partial charge in [0.2, 0.25) is 0 Å². The van der Waals surface area contributed by atoms with Crippen molar-refractivity contribution < 1.29 is 4.74 Å². The molecular weight excluding hydrogens is 280 g/mol. The molecule has 1 aliphatic rings. The average Bonchev–Trinajstić information content (AvgIpc) is 2.95. The average molecular weight is 311 g/mol. The van der Waals surface area contributed by atoms with Crippen molar-refractivity contribution in [3.63, 3.8) is 0 Å². The molecule has 0 aromatic carbocycles. The van der Waals surface area contributed by atoms with E-state index in [0.717, 1.165) is 32.5 Å². The highest BCUT2D eigenvalue weighted by Gasteiger charge is 2.35. The lowest BCUT2D eigenvalue weighted by Crippen LogP contribution is -2.28. The maximum Gasteiger partial charge on any atom is 0.125 e. The Hall–Kier alpha value is -0.450. The summed E-state index contributed by atoms with van der Waals surface area (Å²) in [5, 5.41) is 4.70. The number of aromatic nitrogens is 1. The lowest BCUT2D eigenvalue weighted by atomic mass is 9.90. The van der Waals surface area contributed by atoms with E-state index in [9.17, 15) is 0 Å². The van der Waals surface area contributed by atoms with Gasteiger partial charge in [-0.1, -0.05) is 20.8 Å². The van der Waals surface area contributed by atoms with Crippen molar-refractivity contribution in [1.82, 2.24) is 10.3 Å². The summed E-state index contributed by atoms with van der Waals surface area (Å²) >= 11 is 1.90. The summed E-state index contributed by atoms with van der Waals surface area (Å²) in [7, 11) is 0. The molecule has 0 saturated carbocycles. The number of hydrogen-bond donors (Lipinski definition) is 1. The summed E-state index contributed by atoms with van der Waals surface area (Å²) in [4.78, 5) is 6.58. The molecule has 0 fully saturated rings. The Kier molecular flexibility index (Phi) is 6.20. The molecule has 120 valence electrons. The molecule has 21 heavy (non-hydrogen) atoms. The molecule has 3 nitrogen and oxygen atoms in total. The monoisotopic (exact) mass is 310 g/mol. The Labute approximate surface area is 133 Å². The fourth-order valence-electron chi connectivity index (χ4n) is 3.31. The number of rotatable bonds is 8. The Bertz CT molecular complexity index is 440. The van der Waals surface area contributed by atoms with E-state index in [0.29, 0.717) is 5.92 Å². The van der Waals surface area contributed by atoms with Crippen LogP contribution in [0.2, 0.25) is 0 Å². The van der Waals surface area contributed by atoms with Crippen molar-refractivity contribution in [1.29, 1.82) is 0 Å². The summed E-state index contributed by atoms with van der Waals surface area (Å²) < 4.78 is 6.14. The van der Waals surface area contributed by atoms with Crippen molar-refractivity contribution >= 4 is 11.3 Å². The third-order valence-corrected chi connectivity index (χ3v) is 5.98. The highest BCUT2D eigenvalue weighted by molar-refractivity contribution is 7.11. The maximum atomic E-state index is 6.14. The molecule has 0 saturated heterocycles. The lowest BCUT2D eigenvalue weighted by Gasteiger charge is -2.29. The van der Waals surface area contributed by atoms with Gasteiger partial charge in [-0.05, 0) is 45.6 Å². The number of ether oxygens (including phenoxy) is 1. The summed E-state index contributed by atoms with van der Waals surface area (Å²) in [5.74, 6) is 0.590. The smallest absolute Gasteiger partial charge is 0.125 e. The zero-order valence-corrected chi connectivity index (χ0v) is 14.8. The van der Waals surface area contributed by atoms with Gasteiger partial charge in [-0.2, -0.15) is 0 Å². The molecule has 1 heterocycles. The summed E-state index contributed by atoms with van der Waals surface area (Å²) in [6.45, 7) is 11.5. The van der Waals surface area contributed by atoms with E-state index < -0.39 is 0 Å². The van der Waals surface area contributed by atoms with Crippen LogP contribution in [-0.2, 0) is 16.8 Å². The standard InChI is InChI=1S/C17H30N2OS/c1-5-17(6-2,20-8-4)16-19-15-13(12-18-7-3)10-9-11-14(15)21-16/h13,18H,5-12H2,1-4H3. The molecule has 0 radical (unpaired) electrons. The first-order valence-corrected chi connectivity index (χ1v) is 9.37. The van der Waals surface area contributed by atoms with E-state index in [4.69, 9.17) is 9.72 Å². The number of nitrogens with one attached hydrogen (secondary N) is 1. The molecular formula is C17H30N2OS. The van der Waals surface area contributed by atoms with E-state index >= 15 is 0 Å². The SMILES string of the molecule is CCNCC1CCCc2sc(C(CC)(CC)OCC)nc21. The minimum Gasteiger partial charge on any atom is -0.368 e. The van der Waals surface area contributed by atoms with Gasteiger partial charge in [-0.25, -0.2) is 4.98 Å². The number of hydrogen-bond acceptors (Lipinski definition) is 4. The van der Waals surface area contributed by atoms with Crippen LogP contribution in [0.25, 0.3) is 0 Å². The maximum absolute atomic E-state index is 6.14. The van der Waals surface area contributed by atoms with E-state index in [2.05, 4.69) is 33.0 Å². The second-order valence-corrected chi connectivity index (χ2v) is 6.94. The van der Waals surface area contributed by atoms with Crippen LogP contribution >= 0.6 is 11.3 Å². The molecule has 4 heteroatoms. The van der Waals surface area contributed by atoms with Crippen molar-refractivity contribution in [2.24, 2.45) is 0 Å². The topological polar surface area (TPSA) is 34.1 Å². The van der Waals surface area contributed by atoms with Crippen LogP contribution < -0.4 is 5.32 Å². The minimum atomic E-state index is -0.167. The Balaban J connectivity index is 2.29. The highest BCUT2D eigenvalue weighted by atomic mass is 32.1. The molecule has 0 bridgehead atoms. The molecule has 1 aromatic rings. The van der Waals surface area contributed by atoms with Crippen molar-refractivity contribution in [2.75, 3.05) is 19.7 Å². The highest BCUT2D eigenvalue weighted by Crippen LogP contribution is 2.41. The lowest BCUT2D eigenvalue weighted by molar-refractivity contribution is -0.0507. The Morgan fingerprint density at radius 1 is 1.29 bits per heavy atom. The quantitative estimate of drug-likeness (QED) is 0.780. The summed E-state index contributed by atoms with van der Waals surface area (Å²) in [6.07, 6.45) is 5.77. The fourth-order valence-corrected chi connectivity index (χ4v) is 4.79. The van der Waals surface area contributed by atoms with Crippen LogP contribution in [0.1, 0.15) is 74.9 Å². The third kappa shape index (κ3) is 3.49. The largest absolute Gasteiger partial charge is 0.368 e. The zero-order valence-electron chi connectivity index (χ0n) is 14.0. The predicted octanol–water partition coefficient (Wildman–Crippen LogP) is 4.22. The van der Waals surface area contributed by atoms with Crippen LogP contribution in [0.15, 0.2) is 0 Å². The van der Waals surface area contributed by atoms with Crippen LogP contribution in [0.5, 0.6) is 0 Å². The van der Waals surface area contributed by atoms with Gasteiger partial charge in [-0.15, -0.1) is 11.3 Å². The van der Waals surface area contributed by atoms with Crippen LogP contribution in [0, 0.1) is 0 Å². The molecule has 0 spiro atoms. The van der Waals surface area contributed by atoms with E-state index in [1.807, 2.05) is 11.3 Å². The van der Waals surface area contributed by atoms with Gasteiger partial charge in [0.1, 0.15) is 10.6 Å². The summed E-state index contributed by atoms with van der Waals surface area (Å²) in [5.41, 5.74) is 1.19. The van der Waals surface area contributed by atoms with Crippen LogP contribution in [0.4, 0.5) is 0 Å². The molecule has 1 aliphatic carbocycles. The van der Waals surface area contributed by atoms with Gasteiger partial charge in [-0.3, -0.25) is 0 Å². The van der Waals surface area contributed by atoms with Crippen molar-refractivity contribution in [3.05, 3.63) is 15.6 Å². The van der Waals surface area contributed by atoms with Crippen molar-refractivity contribution in [3.8, 4) is 0 Å². The van der Waals surface area contributed by atoms with E-state index in [1.54, 1.807) is 0 Å². The molecule has 2 rings (SSSR count). The predicted molar refractivity (Wildman–Crippen MR) is 90.2 cm³/mol. The van der Waals surface area contributed by atoms with Crippen molar-refractivity contribution in [2.45, 2.75) is 71.3 Å². The Morgan fingerprint density at radius 3 is 2.67 bits per heavy atom. The van der Waals surface area contributed by atoms with Gasteiger partial charge in [0, 0.05) is 23.9 Å². The first kappa shape index (κ1) is 16.9. The van der Waals surface area contributed by atoms with Gasteiger partial charge in [0.25, 0.3) is 0 Å². The molecule has 0 amide bonds. The molecule has 1 unspecified atom stereocenters. The van der Waals surface area contributed by atoms with Crippen LogP contribution in [-0.4, -0.2) is 24.7 Å². The van der Waals surface area contributed by atoms with E-state index in [1.165, 1.54) is 34.8 Å². The van der Waals surface area contributed by atoms with Gasteiger partial charge in [0.05, 0.1) is 5.69 Å². The first-order valence-electron chi connectivity index (χ1n) is 8.55. The first-order chi connectivity index (χ1) is 10.2. The second-order valence-electron chi connectivity index (χ2n) is 5.86. The Morgan fingerprint density at radius 2 is 2.05 bits per heavy atom. The van der Waals surface area contributed by atoms with Gasteiger partial charge < -0.3 is 10.1 Å². The number of thiazole rings is 1. The normalized spacial score (nSPS) is 18.8. The van der Waals surface area contributed by atoms with Crippen LogP contribution in [0.3, 0.4) is 0 Å². The third-order valence-electron chi connectivity index (χ3n) is 4.66. The fraction of sp³-hybridized carbons (Fsp3) is 0.824. The minimum absolute atomic E-state index is 0.167. The summed E-state index contributed by atoms with van der Waals surface area (Å²) in [6, 6.07) is 0. The second kappa shape index (κ2) is 7.70. The number of likely N-dealkylation sites (N-methyl/N-ethyl adjacent to an activating group) is 1. The number of nitrogens with zero attached hydrogens (tertiary/aromatic N) is 1. The van der Waals surface area contributed by atoms with Gasteiger partial charge >= 0.3 is 0 Å². The van der Waals surface area contributed by atoms with E-state index in [-0.39, 0.29) is 5.60 Å². The molecule has 1 N–H and O–H groups in total. The molecule has 1 aromatic heterocycles. The molecule has 0 aliphatic heterocycles. The zero-order chi connectivity index (χ0) is 15.3. The number of aryl methyl sites for hydroxylation is 1. The van der Waals surface area contributed by atoms with Gasteiger partial charge in [0.15, 0.2) is 0 Å².